The number of thiazole rings is 1. The monoisotopic (exact) mass is 304 g/mol. The summed E-state index contributed by atoms with van der Waals surface area (Å²) in [5.41, 5.74) is 0.828. The molecule has 1 atom stereocenters. The molecule has 1 aromatic heterocycles. The molecule has 1 fully saturated rings. The van der Waals surface area contributed by atoms with Crippen LogP contribution < -0.4 is 4.72 Å². The van der Waals surface area contributed by atoms with Gasteiger partial charge in [-0.3, -0.25) is 0 Å². The van der Waals surface area contributed by atoms with Gasteiger partial charge in [0.1, 0.15) is 0 Å². The molecule has 106 valence electrons. The van der Waals surface area contributed by atoms with Crippen molar-refractivity contribution < 1.29 is 18.3 Å². The van der Waals surface area contributed by atoms with E-state index in [1.165, 1.54) is 5.51 Å². The van der Waals surface area contributed by atoms with E-state index in [1.807, 2.05) is 6.92 Å². The van der Waals surface area contributed by atoms with E-state index < -0.39 is 21.7 Å². The van der Waals surface area contributed by atoms with Gasteiger partial charge in [0.05, 0.1) is 5.51 Å². The topological polar surface area (TPSA) is 96.4 Å². The lowest BCUT2D eigenvalue weighted by atomic mass is 10.0. The molecule has 1 heterocycles. The first-order valence-corrected chi connectivity index (χ1v) is 8.47. The van der Waals surface area contributed by atoms with E-state index in [4.69, 9.17) is 5.11 Å². The van der Waals surface area contributed by atoms with E-state index in [9.17, 15) is 13.2 Å². The van der Waals surface area contributed by atoms with E-state index in [2.05, 4.69) is 9.71 Å². The number of nitrogens with one attached hydrogen (secondary N) is 1. The number of rotatable bonds is 5. The number of carbonyl (C=O) groups is 1. The second kappa shape index (κ2) is 5.56. The fourth-order valence-electron chi connectivity index (χ4n) is 2.42. The number of carboxylic acids is 1. The summed E-state index contributed by atoms with van der Waals surface area (Å²) >= 11 is 0.827. The molecule has 8 heteroatoms. The highest BCUT2D eigenvalue weighted by molar-refractivity contribution is 7.91. The van der Waals surface area contributed by atoms with Crippen molar-refractivity contribution >= 4 is 27.3 Å². The van der Waals surface area contributed by atoms with Crippen molar-refractivity contribution in [1.82, 2.24) is 9.71 Å². The first-order chi connectivity index (χ1) is 8.92. The molecule has 1 saturated carbocycles. The second-order valence-electron chi connectivity index (χ2n) is 4.75. The number of aromatic carboxylic acids is 1. The minimum absolute atomic E-state index is 0.184. The van der Waals surface area contributed by atoms with Gasteiger partial charge in [-0.05, 0) is 25.7 Å². The predicted molar refractivity (Wildman–Crippen MR) is 70.8 cm³/mol. The van der Waals surface area contributed by atoms with E-state index in [0.29, 0.717) is 5.92 Å². The molecule has 1 aromatic rings. The Morgan fingerprint density at radius 2 is 2.16 bits per heavy atom. The number of aromatic nitrogens is 1. The van der Waals surface area contributed by atoms with Crippen LogP contribution in [0, 0.1) is 5.92 Å². The lowest BCUT2D eigenvalue weighted by Gasteiger charge is -2.19. The standard InChI is InChI=1S/C11H16N2O4S2/c1-7(8-4-2-3-5-8)13-19(16,17)11-9(10(14)15)12-6-18-11/h6-8,13H,2-5H2,1H3,(H,14,15)/t7-/m1/s1. The molecule has 0 unspecified atom stereocenters. The smallest absolute Gasteiger partial charge is 0.356 e. The third-order valence-corrected chi connectivity index (χ3v) is 6.36. The highest BCUT2D eigenvalue weighted by atomic mass is 32.2. The van der Waals surface area contributed by atoms with Crippen LogP contribution in [0.5, 0.6) is 0 Å². The third-order valence-electron chi connectivity index (χ3n) is 3.43. The van der Waals surface area contributed by atoms with Gasteiger partial charge < -0.3 is 5.11 Å². The third kappa shape index (κ3) is 3.13. The average molecular weight is 304 g/mol. The maximum Gasteiger partial charge on any atom is 0.356 e. The molecule has 19 heavy (non-hydrogen) atoms. The quantitative estimate of drug-likeness (QED) is 0.863. The average Bonchev–Trinajstić information content (AvgIpc) is 3.00. The van der Waals surface area contributed by atoms with Gasteiger partial charge in [0.2, 0.25) is 0 Å². The Morgan fingerprint density at radius 1 is 1.53 bits per heavy atom. The number of nitrogens with zero attached hydrogens (tertiary/aromatic N) is 1. The van der Waals surface area contributed by atoms with Crippen molar-refractivity contribution in [3.05, 3.63) is 11.2 Å². The second-order valence-corrected chi connectivity index (χ2v) is 7.51. The van der Waals surface area contributed by atoms with Crippen LogP contribution in [0.2, 0.25) is 0 Å². The molecular formula is C11H16N2O4S2. The van der Waals surface area contributed by atoms with Crippen molar-refractivity contribution in [1.29, 1.82) is 0 Å². The molecule has 0 aromatic carbocycles. The molecule has 2 rings (SSSR count). The fraction of sp³-hybridized carbons (Fsp3) is 0.636. The van der Waals surface area contributed by atoms with Crippen LogP contribution in [-0.2, 0) is 10.0 Å². The number of hydrogen-bond acceptors (Lipinski definition) is 5. The molecule has 0 aliphatic heterocycles. The number of hydrogen-bond donors (Lipinski definition) is 2. The molecule has 1 aliphatic rings. The van der Waals surface area contributed by atoms with Crippen LogP contribution in [0.3, 0.4) is 0 Å². The molecule has 1 aliphatic carbocycles. The molecule has 6 nitrogen and oxygen atoms in total. The summed E-state index contributed by atoms with van der Waals surface area (Å²) in [6, 6.07) is -0.184. The van der Waals surface area contributed by atoms with Gasteiger partial charge in [0.15, 0.2) is 9.90 Å². The highest BCUT2D eigenvalue weighted by Gasteiger charge is 2.30. The summed E-state index contributed by atoms with van der Waals surface area (Å²) < 4.78 is 26.7. The van der Waals surface area contributed by atoms with Crippen LogP contribution in [0.15, 0.2) is 9.72 Å². The highest BCUT2D eigenvalue weighted by Crippen LogP contribution is 2.29. The Morgan fingerprint density at radius 3 is 2.74 bits per heavy atom. The largest absolute Gasteiger partial charge is 0.476 e. The Hall–Kier alpha value is -0.990. The summed E-state index contributed by atoms with van der Waals surface area (Å²) in [4.78, 5) is 14.5. The van der Waals surface area contributed by atoms with Crippen molar-refractivity contribution in [3.63, 3.8) is 0 Å². The van der Waals surface area contributed by atoms with E-state index in [1.54, 1.807) is 0 Å². The molecule has 0 spiro atoms. The Balaban J connectivity index is 2.17. The van der Waals surface area contributed by atoms with Gasteiger partial charge in [0, 0.05) is 6.04 Å². The summed E-state index contributed by atoms with van der Waals surface area (Å²) in [7, 11) is -3.80. The maximum atomic E-state index is 12.2. The molecule has 0 saturated heterocycles. The summed E-state index contributed by atoms with van der Waals surface area (Å²) in [5, 5.41) is 8.92. The molecule has 0 bridgehead atoms. The van der Waals surface area contributed by atoms with Crippen molar-refractivity contribution in [2.75, 3.05) is 0 Å². The van der Waals surface area contributed by atoms with Crippen LogP contribution in [0.4, 0.5) is 0 Å². The van der Waals surface area contributed by atoms with Gasteiger partial charge in [-0.1, -0.05) is 12.8 Å². The number of sulfonamides is 1. The van der Waals surface area contributed by atoms with Crippen LogP contribution >= 0.6 is 11.3 Å². The zero-order valence-corrected chi connectivity index (χ0v) is 12.1. The zero-order valence-electron chi connectivity index (χ0n) is 10.5. The maximum absolute atomic E-state index is 12.2. The van der Waals surface area contributed by atoms with Crippen LogP contribution in [-0.4, -0.2) is 30.5 Å². The normalized spacial score (nSPS) is 18.6. The lowest BCUT2D eigenvalue weighted by Crippen LogP contribution is -2.37. The van der Waals surface area contributed by atoms with E-state index in [-0.39, 0.29) is 10.3 Å². The summed E-state index contributed by atoms with van der Waals surface area (Å²) in [6.07, 6.45) is 4.27. The Labute approximate surface area is 115 Å². The molecular weight excluding hydrogens is 288 g/mol. The summed E-state index contributed by atoms with van der Waals surface area (Å²) in [6.45, 7) is 1.83. The Bertz CT molecular complexity index is 561. The SMILES string of the molecule is C[C@@H](NS(=O)(=O)c1scnc1C(=O)O)C1CCCC1. The predicted octanol–water partition coefficient (Wildman–Crippen LogP) is 1.70. The van der Waals surface area contributed by atoms with Crippen LogP contribution in [0.1, 0.15) is 43.1 Å². The Kier molecular flexibility index (Phi) is 4.22. The number of carboxylic acid groups (broad SMARTS) is 1. The lowest BCUT2D eigenvalue weighted by molar-refractivity contribution is 0.0687. The van der Waals surface area contributed by atoms with Crippen LogP contribution in [0.25, 0.3) is 0 Å². The van der Waals surface area contributed by atoms with Gasteiger partial charge in [0.25, 0.3) is 10.0 Å². The minimum Gasteiger partial charge on any atom is -0.476 e. The van der Waals surface area contributed by atoms with E-state index in [0.717, 1.165) is 37.0 Å². The van der Waals surface area contributed by atoms with Gasteiger partial charge in [-0.2, -0.15) is 0 Å². The summed E-state index contributed by atoms with van der Waals surface area (Å²) in [5.74, 6) is -0.994. The first-order valence-electron chi connectivity index (χ1n) is 6.11. The molecule has 0 amide bonds. The van der Waals surface area contributed by atoms with Crippen molar-refractivity contribution in [3.8, 4) is 0 Å². The van der Waals surface area contributed by atoms with Gasteiger partial charge in [-0.25, -0.2) is 22.9 Å². The first kappa shape index (κ1) is 14.4. The van der Waals surface area contributed by atoms with Gasteiger partial charge >= 0.3 is 5.97 Å². The molecule has 0 radical (unpaired) electrons. The van der Waals surface area contributed by atoms with Gasteiger partial charge in [-0.15, -0.1) is 11.3 Å². The minimum atomic E-state index is -3.80. The molecule has 2 N–H and O–H groups in total. The van der Waals surface area contributed by atoms with E-state index >= 15 is 0 Å². The fourth-order valence-corrected chi connectivity index (χ4v) is 4.89. The zero-order chi connectivity index (χ0) is 14.0. The van der Waals surface area contributed by atoms with Crippen molar-refractivity contribution in [2.24, 2.45) is 5.92 Å². The van der Waals surface area contributed by atoms with Crippen molar-refractivity contribution in [2.45, 2.75) is 42.9 Å².